The van der Waals surface area contributed by atoms with Gasteiger partial charge in [0, 0.05) is 18.8 Å². The lowest BCUT2D eigenvalue weighted by atomic mass is 10.1. The number of benzene rings is 2. The van der Waals surface area contributed by atoms with Gasteiger partial charge in [0.25, 0.3) is 0 Å². The highest BCUT2D eigenvalue weighted by atomic mass is 35.5. The molecule has 0 unspecified atom stereocenters. The molecular weight excluding hydrogens is 415 g/mol. The Hall–Kier alpha value is -2.32. The number of anilines is 1. The zero-order chi connectivity index (χ0) is 18.3. The molecule has 0 atom stereocenters. The summed E-state index contributed by atoms with van der Waals surface area (Å²) >= 11 is 0. The minimum atomic E-state index is -0.0835. The fraction of sp³-hybridized carbons (Fsp3) is 0.300. The van der Waals surface area contributed by atoms with Crippen LogP contribution in [0.15, 0.2) is 41.5 Å². The van der Waals surface area contributed by atoms with Gasteiger partial charge in [-0.1, -0.05) is 13.8 Å². The zero-order valence-corrected chi connectivity index (χ0v) is 17.9. The third kappa shape index (κ3) is 4.18. The van der Waals surface area contributed by atoms with E-state index in [1.807, 2.05) is 16.5 Å². The Kier molecular flexibility index (Phi) is 8.47. The maximum absolute atomic E-state index is 13.2. The number of likely N-dealkylation sites (N-methyl/N-ethyl adjacent to an activating group) is 1. The fourth-order valence-electron chi connectivity index (χ4n) is 3.60. The van der Waals surface area contributed by atoms with Gasteiger partial charge in [0.15, 0.2) is 5.43 Å². The molecular formula is C20H26Cl2N4O3. The Bertz CT molecular complexity index is 1150. The molecule has 2 aromatic carbocycles. The van der Waals surface area contributed by atoms with E-state index in [1.165, 1.54) is 6.07 Å². The summed E-state index contributed by atoms with van der Waals surface area (Å²) < 4.78 is 1.93. The monoisotopic (exact) mass is 440 g/mol. The maximum Gasteiger partial charge on any atom is 0.199 e. The first-order valence-corrected chi connectivity index (χ1v) is 8.98. The zero-order valence-electron chi connectivity index (χ0n) is 16.3. The standard InChI is InChI=1S/C20H22N4O2.2ClH.H2O/c1-3-23(4-2)10-9-21-15-6-7-16-19-18(15)20(26)14-11-13(25)5-8-17(14)24(19)12-22-16;;;/h5-8,11-12,21,25H,3-4,9-10H2,1-2H3;2*1H;1H2. The Morgan fingerprint density at radius 1 is 1.14 bits per heavy atom. The van der Waals surface area contributed by atoms with Gasteiger partial charge in [0.05, 0.1) is 27.3 Å². The van der Waals surface area contributed by atoms with Crippen LogP contribution in [0.25, 0.3) is 27.3 Å². The van der Waals surface area contributed by atoms with E-state index in [1.54, 1.807) is 18.5 Å². The largest absolute Gasteiger partial charge is 0.508 e. The number of aromatic nitrogens is 2. The van der Waals surface area contributed by atoms with Crippen molar-refractivity contribution in [3.63, 3.8) is 0 Å². The van der Waals surface area contributed by atoms with E-state index in [-0.39, 0.29) is 41.5 Å². The van der Waals surface area contributed by atoms with Gasteiger partial charge in [-0.2, -0.15) is 0 Å². The lowest BCUT2D eigenvalue weighted by Crippen LogP contribution is -2.28. The molecule has 2 aromatic heterocycles. The predicted octanol–water partition coefficient (Wildman–Crippen LogP) is 2.92. The molecule has 29 heavy (non-hydrogen) atoms. The molecule has 0 aliphatic rings. The third-order valence-corrected chi connectivity index (χ3v) is 5.06. The first kappa shape index (κ1) is 24.7. The van der Waals surface area contributed by atoms with E-state index < -0.39 is 0 Å². The van der Waals surface area contributed by atoms with E-state index in [0.717, 1.165) is 48.4 Å². The van der Waals surface area contributed by atoms with Gasteiger partial charge in [0.2, 0.25) is 0 Å². The van der Waals surface area contributed by atoms with Crippen molar-refractivity contribution in [2.45, 2.75) is 13.8 Å². The smallest absolute Gasteiger partial charge is 0.199 e. The SMILES string of the molecule is CCN(CC)CCNc1ccc2ncn3c4ccc(O)cc4c(=O)c1c23.Cl.Cl.O. The van der Waals surface area contributed by atoms with Crippen molar-refractivity contribution in [3.8, 4) is 5.75 Å². The van der Waals surface area contributed by atoms with Crippen molar-refractivity contribution >= 4 is 57.8 Å². The number of hydrogen-bond donors (Lipinski definition) is 2. The molecule has 0 radical (unpaired) electrons. The summed E-state index contributed by atoms with van der Waals surface area (Å²) in [5.41, 5.74) is 3.09. The van der Waals surface area contributed by atoms with Crippen LogP contribution in [0.1, 0.15) is 13.8 Å². The molecule has 4 aromatic rings. The van der Waals surface area contributed by atoms with Crippen LogP contribution in [0, 0.1) is 0 Å². The van der Waals surface area contributed by atoms with Crippen molar-refractivity contribution in [2.75, 3.05) is 31.5 Å². The summed E-state index contributed by atoms with van der Waals surface area (Å²) in [5.74, 6) is 0.0869. The first-order valence-electron chi connectivity index (χ1n) is 8.98. The molecule has 0 saturated heterocycles. The number of hydrogen-bond acceptors (Lipinski definition) is 5. The highest BCUT2D eigenvalue weighted by Gasteiger charge is 2.16. The Morgan fingerprint density at radius 2 is 1.86 bits per heavy atom. The molecule has 0 spiro atoms. The predicted molar refractivity (Wildman–Crippen MR) is 124 cm³/mol. The lowest BCUT2D eigenvalue weighted by Gasteiger charge is -2.19. The number of rotatable bonds is 6. The Balaban J connectivity index is 0.00000140. The topological polar surface area (TPSA) is 101 Å². The van der Waals surface area contributed by atoms with Crippen LogP contribution < -0.4 is 10.7 Å². The second-order valence-corrected chi connectivity index (χ2v) is 6.45. The molecule has 0 bridgehead atoms. The third-order valence-electron chi connectivity index (χ3n) is 5.06. The van der Waals surface area contributed by atoms with E-state index in [9.17, 15) is 9.90 Å². The van der Waals surface area contributed by atoms with Crippen LogP contribution in [0.4, 0.5) is 5.69 Å². The molecule has 0 saturated carbocycles. The molecule has 158 valence electrons. The Labute approximate surface area is 180 Å². The summed E-state index contributed by atoms with van der Waals surface area (Å²) in [7, 11) is 0. The number of halogens is 2. The van der Waals surface area contributed by atoms with Crippen LogP contribution >= 0.6 is 24.8 Å². The van der Waals surface area contributed by atoms with E-state index in [0.29, 0.717) is 10.8 Å². The Morgan fingerprint density at radius 3 is 2.55 bits per heavy atom. The molecule has 4 N–H and O–H groups in total. The van der Waals surface area contributed by atoms with Gasteiger partial charge in [-0.05, 0) is 43.4 Å². The quantitative estimate of drug-likeness (QED) is 0.448. The minimum Gasteiger partial charge on any atom is -0.508 e. The number of imidazole rings is 1. The van der Waals surface area contributed by atoms with E-state index >= 15 is 0 Å². The second-order valence-electron chi connectivity index (χ2n) is 6.45. The molecule has 4 rings (SSSR count). The van der Waals surface area contributed by atoms with Gasteiger partial charge < -0.3 is 20.8 Å². The summed E-state index contributed by atoms with van der Waals surface area (Å²) in [4.78, 5) is 19.9. The van der Waals surface area contributed by atoms with Gasteiger partial charge >= 0.3 is 0 Å². The highest BCUT2D eigenvalue weighted by molar-refractivity contribution is 6.07. The fourth-order valence-corrected chi connectivity index (χ4v) is 3.60. The normalized spacial score (nSPS) is 10.7. The van der Waals surface area contributed by atoms with Crippen molar-refractivity contribution in [3.05, 3.63) is 46.9 Å². The second kappa shape index (κ2) is 9.93. The molecule has 9 heteroatoms. The van der Waals surface area contributed by atoms with Gasteiger partial charge in [0.1, 0.15) is 12.1 Å². The first-order chi connectivity index (χ1) is 12.6. The van der Waals surface area contributed by atoms with Gasteiger partial charge in [-0.25, -0.2) is 4.98 Å². The van der Waals surface area contributed by atoms with Gasteiger partial charge in [-0.3, -0.25) is 9.20 Å². The van der Waals surface area contributed by atoms with Crippen molar-refractivity contribution in [1.82, 2.24) is 14.3 Å². The van der Waals surface area contributed by atoms with Gasteiger partial charge in [-0.15, -0.1) is 24.8 Å². The average Bonchev–Trinajstić information content (AvgIpc) is 3.08. The number of pyridine rings is 1. The number of aromatic hydroxyl groups is 1. The van der Waals surface area contributed by atoms with Crippen LogP contribution in [0.2, 0.25) is 0 Å². The molecule has 0 aliphatic carbocycles. The van der Waals surface area contributed by atoms with E-state index in [4.69, 9.17) is 0 Å². The molecule has 0 aliphatic heterocycles. The van der Waals surface area contributed by atoms with Crippen molar-refractivity contribution < 1.29 is 10.6 Å². The van der Waals surface area contributed by atoms with Crippen LogP contribution in [-0.2, 0) is 0 Å². The number of phenols is 1. The molecule has 0 fully saturated rings. The van der Waals surface area contributed by atoms with Crippen LogP contribution in [0.5, 0.6) is 5.75 Å². The van der Waals surface area contributed by atoms with E-state index in [2.05, 4.69) is 29.0 Å². The average molecular weight is 441 g/mol. The molecule has 0 amide bonds. The molecule has 2 heterocycles. The van der Waals surface area contributed by atoms with Crippen LogP contribution in [-0.4, -0.2) is 51.0 Å². The lowest BCUT2D eigenvalue weighted by molar-refractivity contribution is 0.316. The maximum atomic E-state index is 13.2. The summed E-state index contributed by atoms with van der Waals surface area (Å²) in [5, 5.41) is 14.4. The number of fused-ring (bicyclic) bond motifs is 2. The summed E-state index contributed by atoms with van der Waals surface area (Å²) in [6.45, 7) is 7.96. The van der Waals surface area contributed by atoms with Crippen molar-refractivity contribution in [2.24, 2.45) is 0 Å². The van der Waals surface area contributed by atoms with Crippen molar-refractivity contribution in [1.29, 1.82) is 0 Å². The number of phenolic OH excluding ortho intramolecular Hbond substituents is 1. The molecule has 7 nitrogen and oxygen atoms in total. The van der Waals surface area contributed by atoms with Crippen LogP contribution in [0.3, 0.4) is 0 Å². The summed E-state index contributed by atoms with van der Waals surface area (Å²) in [6.07, 6.45) is 1.73. The minimum absolute atomic E-state index is 0. The number of nitrogens with one attached hydrogen (secondary N) is 1. The summed E-state index contributed by atoms with van der Waals surface area (Å²) in [6, 6.07) is 8.73. The number of nitrogens with zero attached hydrogens (tertiary/aromatic N) is 3. The highest BCUT2D eigenvalue weighted by Crippen LogP contribution is 2.29.